The average molecular weight is 610 g/mol. The largest absolute Gasteiger partial charge is 1.00 e. The summed E-state index contributed by atoms with van der Waals surface area (Å²) in [5.74, 6) is -1.00. The van der Waals surface area contributed by atoms with Crippen LogP contribution in [0.15, 0.2) is 75.8 Å². The third-order valence-corrected chi connectivity index (χ3v) is 7.33. The van der Waals surface area contributed by atoms with Crippen LogP contribution in [0.5, 0.6) is 11.5 Å². The van der Waals surface area contributed by atoms with Gasteiger partial charge in [-0.05, 0) is 54.6 Å². The summed E-state index contributed by atoms with van der Waals surface area (Å²) >= 11 is 12.4. The van der Waals surface area contributed by atoms with Gasteiger partial charge < -0.3 is 15.2 Å². The fourth-order valence-corrected chi connectivity index (χ4v) is 5.03. The van der Waals surface area contributed by atoms with Crippen LogP contribution in [0.4, 0.5) is 17.1 Å². The SMILES string of the molecule is CCOc1ccc(Cl)c(NC(=O)c2cc3ccccc3c(N=Nc3cc(CC)c(Cl)cc3S(=O)(=O)O)c2[O-])c1.[Na+]. The smallest absolute Gasteiger partial charge is 0.870 e. The fraction of sp³-hybridized carbons (Fsp3) is 0.148. The van der Waals surface area contributed by atoms with Gasteiger partial charge in [-0.25, -0.2) is 0 Å². The number of nitrogens with zero attached hydrogens (tertiary/aromatic N) is 2. The molecule has 2 N–H and O–H groups in total. The zero-order valence-corrected chi connectivity index (χ0v) is 26.1. The van der Waals surface area contributed by atoms with Crippen molar-refractivity contribution < 1.29 is 57.2 Å². The van der Waals surface area contributed by atoms with Crippen molar-refractivity contribution >= 4 is 67.1 Å². The molecule has 13 heteroatoms. The molecule has 202 valence electrons. The van der Waals surface area contributed by atoms with Crippen molar-refractivity contribution in [2.45, 2.75) is 25.2 Å². The molecule has 0 unspecified atom stereocenters. The minimum Gasteiger partial charge on any atom is -0.870 e. The van der Waals surface area contributed by atoms with Gasteiger partial charge in [0.25, 0.3) is 16.0 Å². The molecule has 0 bridgehead atoms. The van der Waals surface area contributed by atoms with Gasteiger partial charge in [0.2, 0.25) is 0 Å². The predicted molar refractivity (Wildman–Crippen MR) is 149 cm³/mol. The number of anilines is 1. The second-order valence-electron chi connectivity index (χ2n) is 8.29. The first-order valence-corrected chi connectivity index (χ1v) is 13.9. The van der Waals surface area contributed by atoms with Crippen LogP contribution in [0.25, 0.3) is 10.8 Å². The van der Waals surface area contributed by atoms with Crippen molar-refractivity contribution in [1.29, 1.82) is 0 Å². The van der Waals surface area contributed by atoms with Gasteiger partial charge in [0, 0.05) is 22.0 Å². The van der Waals surface area contributed by atoms with E-state index in [0.29, 0.717) is 35.1 Å². The van der Waals surface area contributed by atoms with E-state index in [2.05, 4.69) is 15.5 Å². The van der Waals surface area contributed by atoms with Gasteiger partial charge in [-0.2, -0.15) is 13.5 Å². The van der Waals surface area contributed by atoms with E-state index in [9.17, 15) is 22.9 Å². The van der Waals surface area contributed by atoms with E-state index in [4.69, 9.17) is 27.9 Å². The Kier molecular flexibility index (Phi) is 10.6. The number of carbonyl (C=O) groups excluding carboxylic acids is 1. The number of amides is 1. The summed E-state index contributed by atoms with van der Waals surface area (Å²) in [6, 6.07) is 15.3. The van der Waals surface area contributed by atoms with Crippen LogP contribution < -0.4 is 44.7 Å². The average Bonchev–Trinajstić information content (AvgIpc) is 2.89. The molecule has 0 radical (unpaired) electrons. The predicted octanol–water partition coefficient (Wildman–Crippen LogP) is 4.10. The molecule has 0 saturated heterocycles. The summed E-state index contributed by atoms with van der Waals surface area (Å²) in [6.45, 7) is 4.02. The van der Waals surface area contributed by atoms with Gasteiger partial charge in [-0.3, -0.25) is 9.35 Å². The summed E-state index contributed by atoms with van der Waals surface area (Å²) in [5.41, 5.74) is 0.165. The Bertz CT molecular complexity index is 1730. The minimum absolute atomic E-state index is 0. The Labute approximate surface area is 263 Å². The maximum absolute atomic E-state index is 13.5. The van der Waals surface area contributed by atoms with Crippen molar-refractivity contribution in [2.24, 2.45) is 10.2 Å². The van der Waals surface area contributed by atoms with Crippen LogP contribution in [-0.4, -0.2) is 25.5 Å². The Morgan fingerprint density at radius 1 is 1.02 bits per heavy atom. The second-order valence-corrected chi connectivity index (χ2v) is 10.5. The van der Waals surface area contributed by atoms with E-state index >= 15 is 0 Å². The van der Waals surface area contributed by atoms with Crippen LogP contribution in [0.3, 0.4) is 0 Å². The molecular formula is C27H22Cl2N3NaO6S. The van der Waals surface area contributed by atoms with Crippen molar-refractivity contribution in [3.05, 3.63) is 81.8 Å². The molecule has 0 aliphatic rings. The molecule has 0 aliphatic carbocycles. The standard InChI is InChI=1S/C27H23Cl2N3O6S.Na/c1-3-15-12-23(24(14-21(15)29)39(35,36)37)31-32-25-18-8-6-5-7-16(18)11-19(26(25)33)27(34)30-22-13-17(38-4-2)9-10-20(22)28;/h5-14,33H,3-4H2,1-2H3,(H,30,34)(H,35,36,37);/q;+1/p-1. The van der Waals surface area contributed by atoms with Gasteiger partial charge in [0.05, 0.1) is 23.0 Å². The number of aryl methyl sites for hydroxylation is 1. The van der Waals surface area contributed by atoms with Gasteiger partial charge in [0.15, 0.2) is 0 Å². The number of nitrogens with one attached hydrogen (secondary N) is 1. The zero-order chi connectivity index (χ0) is 28.3. The van der Waals surface area contributed by atoms with E-state index < -0.39 is 26.7 Å². The topological polar surface area (TPSA) is 140 Å². The molecule has 0 aromatic heterocycles. The summed E-state index contributed by atoms with van der Waals surface area (Å²) in [6.07, 6.45) is 0.450. The summed E-state index contributed by atoms with van der Waals surface area (Å²) < 4.78 is 39.1. The molecule has 9 nitrogen and oxygen atoms in total. The molecular weight excluding hydrogens is 588 g/mol. The van der Waals surface area contributed by atoms with Crippen molar-refractivity contribution in [3.8, 4) is 11.5 Å². The maximum atomic E-state index is 13.5. The van der Waals surface area contributed by atoms with Gasteiger partial charge in [-0.15, -0.1) is 5.11 Å². The molecule has 0 spiro atoms. The van der Waals surface area contributed by atoms with Crippen LogP contribution in [0.1, 0.15) is 29.8 Å². The van der Waals surface area contributed by atoms with E-state index in [1.807, 2.05) is 6.92 Å². The minimum atomic E-state index is -4.71. The van der Waals surface area contributed by atoms with Crippen molar-refractivity contribution in [2.75, 3.05) is 11.9 Å². The number of rotatable bonds is 8. The molecule has 4 rings (SSSR count). The van der Waals surface area contributed by atoms with Crippen molar-refractivity contribution in [3.63, 3.8) is 0 Å². The van der Waals surface area contributed by atoms with E-state index in [1.54, 1.807) is 49.4 Å². The molecule has 0 aliphatic heterocycles. The Morgan fingerprint density at radius 3 is 2.42 bits per heavy atom. The number of hydrogen-bond donors (Lipinski definition) is 2. The van der Waals surface area contributed by atoms with Gasteiger partial charge in [-0.1, -0.05) is 60.1 Å². The quantitative estimate of drug-likeness (QED) is 0.175. The third-order valence-electron chi connectivity index (χ3n) is 5.76. The number of ether oxygens (including phenoxy) is 1. The van der Waals surface area contributed by atoms with Gasteiger partial charge >= 0.3 is 29.6 Å². The molecule has 0 heterocycles. The van der Waals surface area contributed by atoms with E-state index in [0.717, 1.165) is 6.07 Å². The van der Waals surface area contributed by atoms with E-state index in [-0.39, 0.29) is 62.2 Å². The third kappa shape index (κ3) is 6.95. The summed E-state index contributed by atoms with van der Waals surface area (Å²) in [7, 11) is -4.71. The second kappa shape index (κ2) is 13.3. The monoisotopic (exact) mass is 609 g/mol. The van der Waals surface area contributed by atoms with Crippen LogP contribution in [0, 0.1) is 0 Å². The first-order chi connectivity index (χ1) is 18.5. The van der Waals surface area contributed by atoms with E-state index in [1.165, 1.54) is 12.1 Å². The van der Waals surface area contributed by atoms with Crippen LogP contribution >= 0.6 is 23.2 Å². The number of halogens is 2. The number of fused-ring (bicyclic) bond motifs is 1. The van der Waals surface area contributed by atoms with Crippen molar-refractivity contribution in [1.82, 2.24) is 0 Å². The Balaban J connectivity index is 0.00000441. The number of carbonyl (C=O) groups is 1. The summed E-state index contributed by atoms with van der Waals surface area (Å²) in [5, 5.41) is 25.4. The first-order valence-electron chi connectivity index (χ1n) is 11.7. The molecule has 0 fully saturated rings. The molecule has 4 aromatic rings. The number of hydrogen-bond acceptors (Lipinski definition) is 7. The van der Waals surface area contributed by atoms with Gasteiger partial charge in [0.1, 0.15) is 16.3 Å². The zero-order valence-electron chi connectivity index (χ0n) is 21.7. The fourth-order valence-electron chi connectivity index (χ4n) is 3.87. The van der Waals surface area contributed by atoms with Crippen LogP contribution in [0.2, 0.25) is 10.0 Å². The Morgan fingerprint density at radius 2 is 1.75 bits per heavy atom. The normalized spacial score (nSPS) is 11.4. The number of benzene rings is 4. The first kappa shape index (κ1) is 31.8. The molecule has 1 amide bonds. The molecule has 40 heavy (non-hydrogen) atoms. The Hall–Kier alpha value is -2.70. The summed E-state index contributed by atoms with van der Waals surface area (Å²) in [4.78, 5) is 12.7. The maximum Gasteiger partial charge on any atom is 1.00 e. The molecule has 0 atom stereocenters. The molecule has 4 aromatic carbocycles. The number of azo groups is 1. The van der Waals surface area contributed by atoms with Crippen LogP contribution in [-0.2, 0) is 16.5 Å². The molecule has 0 saturated carbocycles.